The molecule has 0 bridgehead atoms. The lowest BCUT2D eigenvalue weighted by Crippen LogP contribution is -2.12. The van der Waals surface area contributed by atoms with Crippen molar-refractivity contribution in [3.8, 4) is 0 Å². The van der Waals surface area contributed by atoms with Crippen molar-refractivity contribution in [1.82, 2.24) is 0 Å². The summed E-state index contributed by atoms with van der Waals surface area (Å²) >= 11 is 0. The molecule has 3 N–H and O–H groups in total. The topological polar surface area (TPSA) is 97.5 Å². The lowest BCUT2D eigenvalue weighted by atomic mass is 10.1. The third kappa shape index (κ3) is 7.75. The highest BCUT2D eigenvalue weighted by Gasteiger charge is 2.04. The van der Waals surface area contributed by atoms with E-state index in [1.165, 1.54) is 0 Å². The number of hydrogen-bond donors (Lipinski definition) is 2. The fourth-order valence-corrected chi connectivity index (χ4v) is 1.49. The molecular formula is C8H15NO4S. The van der Waals surface area contributed by atoms with Gasteiger partial charge in [-0.3, -0.25) is 9.35 Å². The predicted molar refractivity (Wildman–Crippen MR) is 53.2 cm³/mol. The van der Waals surface area contributed by atoms with Crippen molar-refractivity contribution < 1.29 is 17.8 Å². The number of unbranched alkanes of at least 4 members (excludes halogenated alkanes) is 2. The molecule has 82 valence electrons. The minimum atomic E-state index is -3.86. The second-order valence-electron chi connectivity index (χ2n) is 3.06. The average molecular weight is 221 g/mol. The summed E-state index contributed by atoms with van der Waals surface area (Å²) in [6, 6.07) is 0. The van der Waals surface area contributed by atoms with Crippen LogP contribution >= 0.6 is 0 Å². The summed E-state index contributed by atoms with van der Waals surface area (Å²) in [5.41, 5.74) is 5.29. The molecule has 0 fully saturated rings. The van der Waals surface area contributed by atoms with E-state index in [0.29, 0.717) is 31.3 Å². The van der Waals surface area contributed by atoms with Gasteiger partial charge in [-0.2, -0.15) is 8.42 Å². The van der Waals surface area contributed by atoms with Crippen molar-refractivity contribution in [3.05, 3.63) is 12.2 Å². The summed E-state index contributed by atoms with van der Waals surface area (Å²) in [5.74, 6) is -0.768. The third-order valence-corrected chi connectivity index (χ3v) is 2.53. The van der Waals surface area contributed by atoms with Gasteiger partial charge in [-0.1, -0.05) is 13.0 Å². The van der Waals surface area contributed by atoms with Gasteiger partial charge in [-0.25, -0.2) is 0 Å². The normalized spacial score (nSPS) is 11.2. The molecule has 0 aromatic rings. The van der Waals surface area contributed by atoms with Crippen LogP contribution in [0.25, 0.3) is 0 Å². The van der Waals surface area contributed by atoms with Gasteiger partial charge >= 0.3 is 0 Å². The minimum Gasteiger partial charge on any atom is -0.366 e. The van der Waals surface area contributed by atoms with Crippen molar-refractivity contribution in [3.63, 3.8) is 0 Å². The van der Waals surface area contributed by atoms with Crippen LogP contribution in [0, 0.1) is 0 Å². The summed E-state index contributed by atoms with van der Waals surface area (Å²) in [6.07, 6.45) is 2.12. The molecule has 0 aliphatic carbocycles. The van der Waals surface area contributed by atoms with Crippen LogP contribution in [0.15, 0.2) is 12.2 Å². The van der Waals surface area contributed by atoms with E-state index in [2.05, 4.69) is 6.58 Å². The summed E-state index contributed by atoms with van der Waals surface area (Å²) in [5, 5.41) is 0. The zero-order valence-corrected chi connectivity index (χ0v) is 8.72. The van der Waals surface area contributed by atoms with E-state index in [0.717, 1.165) is 0 Å². The number of rotatable bonds is 7. The Kier molecular flexibility index (Phi) is 5.40. The SMILES string of the molecule is C=C(CCCCCS(=O)(=O)O)C(N)=O. The molecule has 0 aliphatic rings. The highest BCUT2D eigenvalue weighted by Crippen LogP contribution is 2.07. The summed E-state index contributed by atoms with van der Waals surface area (Å²) in [7, 11) is -3.86. The first-order valence-corrected chi connectivity index (χ1v) is 5.86. The Morgan fingerprint density at radius 3 is 2.29 bits per heavy atom. The number of hydrogen-bond acceptors (Lipinski definition) is 3. The van der Waals surface area contributed by atoms with Gasteiger partial charge in [0, 0.05) is 5.57 Å². The van der Waals surface area contributed by atoms with Crippen LogP contribution in [0.4, 0.5) is 0 Å². The first kappa shape index (κ1) is 13.1. The maximum absolute atomic E-state index is 10.5. The first-order chi connectivity index (χ1) is 6.33. The average Bonchev–Trinajstić information content (AvgIpc) is 2.01. The number of carbonyl (C=O) groups excluding carboxylic acids is 1. The first-order valence-electron chi connectivity index (χ1n) is 4.25. The second-order valence-corrected chi connectivity index (χ2v) is 4.64. The molecule has 0 aromatic carbocycles. The van der Waals surface area contributed by atoms with Gasteiger partial charge in [-0.05, 0) is 19.3 Å². The third-order valence-electron chi connectivity index (χ3n) is 1.73. The molecule has 0 spiro atoms. The zero-order chi connectivity index (χ0) is 11.2. The van der Waals surface area contributed by atoms with Gasteiger partial charge in [0.25, 0.3) is 10.1 Å². The number of amides is 1. The molecule has 0 aromatic heterocycles. The molecule has 5 nitrogen and oxygen atoms in total. The van der Waals surface area contributed by atoms with Crippen LogP contribution < -0.4 is 5.73 Å². The van der Waals surface area contributed by atoms with Gasteiger partial charge in [0.15, 0.2) is 0 Å². The highest BCUT2D eigenvalue weighted by atomic mass is 32.2. The second kappa shape index (κ2) is 5.77. The maximum atomic E-state index is 10.5. The lowest BCUT2D eigenvalue weighted by Gasteiger charge is -2.00. The van der Waals surface area contributed by atoms with Gasteiger partial charge in [0.2, 0.25) is 5.91 Å². The monoisotopic (exact) mass is 221 g/mol. The highest BCUT2D eigenvalue weighted by molar-refractivity contribution is 7.85. The standard InChI is InChI=1S/C8H15NO4S/c1-7(8(9)10)5-3-2-4-6-14(11,12)13/h1-6H2,(H2,9,10)(H,11,12,13). The Labute approximate surface area is 83.7 Å². The van der Waals surface area contributed by atoms with E-state index < -0.39 is 16.0 Å². The Bertz CT molecular complexity index is 307. The Morgan fingerprint density at radius 2 is 1.86 bits per heavy atom. The van der Waals surface area contributed by atoms with Crippen molar-refractivity contribution >= 4 is 16.0 Å². The van der Waals surface area contributed by atoms with E-state index in [1.54, 1.807) is 0 Å². The van der Waals surface area contributed by atoms with E-state index in [1.807, 2.05) is 0 Å². The molecule has 0 heterocycles. The Balaban J connectivity index is 3.49. The number of nitrogens with two attached hydrogens (primary N) is 1. The summed E-state index contributed by atoms with van der Waals surface area (Å²) in [6.45, 7) is 3.46. The van der Waals surface area contributed by atoms with Crippen molar-refractivity contribution in [1.29, 1.82) is 0 Å². The molecule has 0 unspecified atom stereocenters. The Morgan fingerprint density at radius 1 is 1.29 bits per heavy atom. The van der Waals surface area contributed by atoms with Gasteiger partial charge in [0.05, 0.1) is 5.75 Å². The molecule has 0 aliphatic heterocycles. The molecule has 0 rings (SSSR count). The predicted octanol–water partition coefficient (Wildman–Crippen LogP) is 0.476. The molecular weight excluding hydrogens is 206 g/mol. The number of carbonyl (C=O) groups is 1. The quantitative estimate of drug-likeness (QED) is 0.371. The summed E-state index contributed by atoms with van der Waals surface area (Å²) < 4.78 is 29.0. The number of primary amides is 1. The van der Waals surface area contributed by atoms with Crippen molar-refractivity contribution in [2.75, 3.05) is 5.75 Å². The van der Waals surface area contributed by atoms with E-state index in [9.17, 15) is 13.2 Å². The Hall–Kier alpha value is -0.880. The van der Waals surface area contributed by atoms with E-state index in [4.69, 9.17) is 10.3 Å². The lowest BCUT2D eigenvalue weighted by molar-refractivity contribution is -0.114. The van der Waals surface area contributed by atoms with Crippen LogP contribution in [0.5, 0.6) is 0 Å². The molecule has 1 amide bonds. The van der Waals surface area contributed by atoms with Gasteiger partial charge in [0.1, 0.15) is 0 Å². The summed E-state index contributed by atoms with van der Waals surface area (Å²) in [4.78, 5) is 10.5. The van der Waals surface area contributed by atoms with Crippen molar-refractivity contribution in [2.45, 2.75) is 25.7 Å². The molecule has 0 saturated heterocycles. The van der Waals surface area contributed by atoms with Crippen LogP contribution in [0.2, 0.25) is 0 Å². The molecule has 0 saturated carbocycles. The fourth-order valence-electron chi connectivity index (χ4n) is 0.923. The molecule has 0 atom stereocenters. The van der Waals surface area contributed by atoms with Crippen LogP contribution in [0.1, 0.15) is 25.7 Å². The van der Waals surface area contributed by atoms with Crippen molar-refractivity contribution in [2.24, 2.45) is 5.73 Å². The zero-order valence-electron chi connectivity index (χ0n) is 7.90. The maximum Gasteiger partial charge on any atom is 0.264 e. The van der Waals surface area contributed by atoms with Gasteiger partial charge < -0.3 is 5.73 Å². The van der Waals surface area contributed by atoms with Crippen LogP contribution in [-0.2, 0) is 14.9 Å². The largest absolute Gasteiger partial charge is 0.366 e. The van der Waals surface area contributed by atoms with Crippen LogP contribution in [-0.4, -0.2) is 24.6 Å². The van der Waals surface area contributed by atoms with Gasteiger partial charge in [-0.15, -0.1) is 0 Å². The van der Waals surface area contributed by atoms with E-state index in [-0.39, 0.29) is 5.75 Å². The minimum absolute atomic E-state index is 0.240. The molecule has 6 heteroatoms. The molecule has 0 radical (unpaired) electrons. The van der Waals surface area contributed by atoms with Crippen LogP contribution in [0.3, 0.4) is 0 Å². The fraction of sp³-hybridized carbons (Fsp3) is 0.625. The van der Waals surface area contributed by atoms with E-state index >= 15 is 0 Å². The molecule has 14 heavy (non-hydrogen) atoms. The smallest absolute Gasteiger partial charge is 0.264 e.